The van der Waals surface area contributed by atoms with Gasteiger partial charge in [-0.25, -0.2) is 4.98 Å². The quantitative estimate of drug-likeness (QED) is 0.754. The molecule has 17 heavy (non-hydrogen) atoms. The molecule has 2 rings (SSSR count). The molecule has 4 N–H and O–H groups in total. The lowest BCUT2D eigenvalue weighted by atomic mass is 10.3. The first-order valence-corrected chi connectivity index (χ1v) is 5.98. The normalized spacial score (nSPS) is 12.4. The molecule has 2 aromatic heterocycles. The van der Waals surface area contributed by atoms with Gasteiger partial charge in [0.1, 0.15) is 16.7 Å². The van der Waals surface area contributed by atoms with Crippen LogP contribution in [0.25, 0.3) is 10.2 Å². The summed E-state index contributed by atoms with van der Waals surface area (Å²) in [6, 6.07) is 1.44. The number of nitrogens with two attached hydrogens (primary N) is 1. The molecule has 0 radical (unpaired) electrons. The van der Waals surface area contributed by atoms with Gasteiger partial charge in [0, 0.05) is 7.05 Å². The molecule has 0 aliphatic rings. The van der Waals surface area contributed by atoms with Crippen molar-refractivity contribution in [2.24, 2.45) is 5.73 Å². The van der Waals surface area contributed by atoms with Gasteiger partial charge in [0.2, 0.25) is 11.9 Å². The van der Waals surface area contributed by atoms with E-state index in [4.69, 9.17) is 5.73 Å². The van der Waals surface area contributed by atoms with E-state index in [9.17, 15) is 4.79 Å². The molecule has 6 nitrogen and oxygen atoms in total. The summed E-state index contributed by atoms with van der Waals surface area (Å²) >= 11 is 1.52. The van der Waals surface area contributed by atoms with E-state index in [1.165, 1.54) is 11.3 Å². The third-order valence-electron chi connectivity index (χ3n) is 2.33. The number of nitrogens with one attached hydrogen (secondary N) is 2. The second-order valence-electron chi connectivity index (χ2n) is 3.55. The molecular weight excluding hydrogens is 238 g/mol. The maximum atomic E-state index is 11.0. The highest BCUT2D eigenvalue weighted by Crippen LogP contribution is 2.26. The topological polar surface area (TPSA) is 92.9 Å². The van der Waals surface area contributed by atoms with Crippen molar-refractivity contribution < 1.29 is 4.79 Å². The summed E-state index contributed by atoms with van der Waals surface area (Å²) in [7, 11) is 1.75. The molecule has 90 valence electrons. The number of thiophene rings is 1. The smallest absolute Gasteiger partial charge is 0.239 e. The lowest BCUT2D eigenvalue weighted by molar-refractivity contribution is -0.118. The Labute approximate surface area is 102 Å². The van der Waals surface area contributed by atoms with Crippen LogP contribution in [0.5, 0.6) is 0 Å². The van der Waals surface area contributed by atoms with Gasteiger partial charge in [0.25, 0.3) is 0 Å². The van der Waals surface area contributed by atoms with E-state index in [-0.39, 0.29) is 0 Å². The predicted molar refractivity (Wildman–Crippen MR) is 69.2 cm³/mol. The number of hydrogen-bond acceptors (Lipinski definition) is 6. The minimum absolute atomic E-state index is 0.419. The number of amides is 1. The van der Waals surface area contributed by atoms with Gasteiger partial charge >= 0.3 is 0 Å². The number of nitrogens with zero attached hydrogens (tertiary/aromatic N) is 2. The van der Waals surface area contributed by atoms with Gasteiger partial charge in [0.05, 0.1) is 5.39 Å². The Morgan fingerprint density at radius 3 is 2.94 bits per heavy atom. The molecule has 0 aliphatic heterocycles. The number of primary amides is 1. The first-order valence-electron chi connectivity index (χ1n) is 5.10. The molecule has 0 fully saturated rings. The van der Waals surface area contributed by atoms with Gasteiger partial charge in [0.15, 0.2) is 0 Å². The highest BCUT2D eigenvalue weighted by Gasteiger charge is 2.13. The first-order chi connectivity index (χ1) is 8.11. The molecule has 1 amide bonds. The largest absolute Gasteiger partial charge is 0.368 e. The zero-order valence-corrected chi connectivity index (χ0v) is 10.3. The summed E-state index contributed by atoms with van der Waals surface area (Å²) < 4.78 is 0. The van der Waals surface area contributed by atoms with Crippen LogP contribution in [-0.2, 0) is 4.79 Å². The van der Waals surface area contributed by atoms with E-state index in [2.05, 4.69) is 20.6 Å². The highest BCUT2D eigenvalue weighted by atomic mass is 32.1. The van der Waals surface area contributed by atoms with Crippen molar-refractivity contribution in [3.63, 3.8) is 0 Å². The molecule has 0 saturated carbocycles. The zero-order valence-electron chi connectivity index (χ0n) is 9.52. The van der Waals surface area contributed by atoms with Crippen molar-refractivity contribution in [2.45, 2.75) is 13.0 Å². The average molecular weight is 251 g/mol. The molecule has 1 atom stereocenters. The number of fused-ring (bicyclic) bond motifs is 1. The maximum absolute atomic E-state index is 11.0. The van der Waals surface area contributed by atoms with Crippen LogP contribution in [-0.4, -0.2) is 29.0 Å². The molecule has 2 aromatic rings. The van der Waals surface area contributed by atoms with Crippen molar-refractivity contribution in [3.05, 3.63) is 11.4 Å². The number of anilines is 2. The number of aromatic nitrogens is 2. The van der Waals surface area contributed by atoms with Gasteiger partial charge < -0.3 is 16.4 Å². The summed E-state index contributed by atoms with van der Waals surface area (Å²) in [5, 5.41) is 8.69. The zero-order chi connectivity index (χ0) is 12.4. The lowest BCUT2D eigenvalue weighted by Crippen LogP contribution is -2.32. The Balaban J connectivity index is 2.43. The van der Waals surface area contributed by atoms with Crippen molar-refractivity contribution >= 4 is 39.2 Å². The second kappa shape index (κ2) is 4.54. The van der Waals surface area contributed by atoms with Crippen molar-refractivity contribution in [3.8, 4) is 0 Å². The fraction of sp³-hybridized carbons (Fsp3) is 0.300. The molecule has 0 aliphatic carbocycles. The van der Waals surface area contributed by atoms with E-state index in [0.29, 0.717) is 11.8 Å². The van der Waals surface area contributed by atoms with E-state index in [0.717, 1.165) is 10.2 Å². The van der Waals surface area contributed by atoms with Crippen molar-refractivity contribution in [1.29, 1.82) is 0 Å². The third kappa shape index (κ3) is 2.28. The van der Waals surface area contributed by atoms with Gasteiger partial charge in [-0.05, 0) is 18.4 Å². The van der Waals surface area contributed by atoms with Crippen LogP contribution in [0.2, 0.25) is 0 Å². The van der Waals surface area contributed by atoms with Gasteiger partial charge in [-0.3, -0.25) is 4.79 Å². The van der Waals surface area contributed by atoms with Crippen LogP contribution in [0.4, 0.5) is 11.8 Å². The molecular formula is C10H13N5OS. The number of carbonyl (C=O) groups excluding carboxylic acids is 1. The van der Waals surface area contributed by atoms with Crippen LogP contribution in [0.3, 0.4) is 0 Å². The fourth-order valence-electron chi connectivity index (χ4n) is 1.35. The van der Waals surface area contributed by atoms with Gasteiger partial charge in [-0.2, -0.15) is 4.98 Å². The van der Waals surface area contributed by atoms with Crippen LogP contribution < -0.4 is 16.4 Å². The molecule has 7 heteroatoms. The Bertz CT molecular complexity index is 553. The number of carbonyl (C=O) groups is 1. The van der Waals surface area contributed by atoms with Crippen LogP contribution in [0, 0.1) is 0 Å². The fourth-order valence-corrected chi connectivity index (χ4v) is 2.12. The molecule has 0 saturated heterocycles. The Hall–Kier alpha value is -1.89. The standard InChI is InChI=1S/C10H13N5OS/c1-5(7(11)16)13-8-6-3-4-17-9(6)15-10(12-2)14-8/h3-5H,1-2H3,(H2,11,16)(H2,12,13,14,15). The highest BCUT2D eigenvalue weighted by molar-refractivity contribution is 7.16. The Morgan fingerprint density at radius 1 is 1.53 bits per heavy atom. The maximum Gasteiger partial charge on any atom is 0.239 e. The van der Waals surface area contributed by atoms with E-state index in [1.54, 1.807) is 14.0 Å². The average Bonchev–Trinajstić information content (AvgIpc) is 2.76. The van der Waals surface area contributed by atoms with Gasteiger partial charge in [-0.1, -0.05) is 0 Å². The lowest BCUT2D eigenvalue weighted by Gasteiger charge is -2.12. The molecule has 1 unspecified atom stereocenters. The number of rotatable bonds is 4. The van der Waals surface area contributed by atoms with Crippen LogP contribution >= 0.6 is 11.3 Å². The van der Waals surface area contributed by atoms with Crippen molar-refractivity contribution in [2.75, 3.05) is 17.7 Å². The SMILES string of the molecule is CNc1nc(NC(C)C(N)=O)c2ccsc2n1. The third-order valence-corrected chi connectivity index (χ3v) is 3.14. The number of hydrogen-bond donors (Lipinski definition) is 3. The second-order valence-corrected chi connectivity index (χ2v) is 4.45. The van der Waals surface area contributed by atoms with E-state index >= 15 is 0 Å². The first kappa shape index (κ1) is 11.6. The summed E-state index contributed by atoms with van der Waals surface area (Å²) in [6.45, 7) is 1.70. The Morgan fingerprint density at radius 2 is 2.29 bits per heavy atom. The van der Waals surface area contributed by atoms with Crippen molar-refractivity contribution in [1.82, 2.24) is 9.97 Å². The molecule has 0 bridgehead atoms. The van der Waals surface area contributed by atoms with E-state index in [1.807, 2.05) is 11.4 Å². The van der Waals surface area contributed by atoms with Gasteiger partial charge in [-0.15, -0.1) is 11.3 Å². The summed E-state index contributed by atoms with van der Waals surface area (Å²) in [4.78, 5) is 20.5. The molecule has 2 heterocycles. The summed E-state index contributed by atoms with van der Waals surface area (Å²) in [6.07, 6.45) is 0. The minimum atomic E-state index is -0.474. The van der Waals surface area contributed by atoms with Crippen LogP contribution in [0.1, 0.15) is 6.92 Å². The molecule has 0 spiro atoms. The predicted octanol–water partition coefficient (Wildman–Crippen LogP) is 1.02. The molecule has 0 aromatic carbocycles. The summed E-state index contributed by atoms with van der Waals surface area (Å²) in [5.74, 6) is 0.712. The van der Waals surface area contributed by atoms with E-state index < -0.39 is 11.9 Å². The summed E-state index contributed by atoms with van der Waals surface area (Å²) in [5.41, 5.74) is 5.22. The van der Waals surface area contributed by atoms with Crippen LogP contribution in [0.15, 0.2) is 11.4 Å². The Kier molecular flexibility index (Phi) is 3.10. The monoisotopic (exact) mass is 251 g/mol. The minimum Gasteiger partial charge on any atom is -0.368 e.